The van der Waals surface area contributed by atoms with Gasteiger partial charge in [0.25, 0.3) is 0 Å². The lowest BCUT2D eigenvalue weighted by Gasteiger charge is -2.08. The van der Waals surface area contributed by atoms with E-state index in [4.69, 9.17) is 0 Å². The first-order valence-corrected chi connectivity index (χ1v) is 7.94. The number of halogens is 1. The second-order valence-corrected chi connectivity index (χ2v) is 5.78. The molecule has 2 aromatic heterocycles. The summed E-state index contributed by atoms with van der Waals surface area (Å²) in [5.41, 5.74) is 3.58. The van der Waals surface area contributed by atoms with Crippen LogP contribution in [0.4, 0.5) is 4.39 Å². The fourth-order valence-electron chi connectivity index (χ4n) is 2.93. The molecule has 6 heteroatoms. The highest BCUT2D eigenvalue weighted by Crippen LogP contribution is 2.30. The number of hydrogen-bond acceptors (Lipinski definition) is 4. The summed E-state index contributed by atoms with van der Waals surface area (Å²) in [6.07, 6.45) is 3.35. The molecular formula is C20H13FN4O. The van der Waals surface area contributed by atoms with Crippen molar-refractivity contribution in [3.63, 3.8) is 0 Å². The number of hydrogen-bond donors (Lipinski definition) is 1. The lowest BCUT2D eigenvalue weighted by atomic mass is 9.98. The van der Waals surface area contributed by atoms with E-state index in [1.165, 1.54) is 12.1 Å². The molecule has 0 amide bonds. The van der Waals surface area contributed by atoms with Crippen LogP contribution in [0.2, 0.25) is 0 Å². The monoisotopic (exact) mass is 344 g/mol. The molecule has 1 N–H and O–H groups in total. The van der Waals surface area contributed by atoms with E-state index in [0.717, 1.165) is 0 Å². The van der Waals surface area contributed by atoms with Crippen molar-refractivity contribution < 1.29 is 9.50 Å². The van der Waals surface area contributed by atoms with Crippen molar-refractivity contribution in [1.29, 1.82) is 5.26 Å². The largest absolute Gasteiger partial charge is 0.390 e. The first kappa shape index (κ1) is 15.9. The zero-order valence-electron chi connectivity index (χ0n) is 13.6. The van der Waals surface area contributed by atoms with Crippen molar-refractivity contribution in [2.75, 3.05) is 0 Å². The number of nitriles is 1. The number of aliphatic hydroxyl groups excluding tert-OH is 1. The molecular weight excluding hydrogens is 331 g/mol. The molecule has 126 valence electrons. The van der Waals surface area contributed by atoms with Crippen LogP contribution in [0.5, 0.6) is 0 Å². The predicted octanol–water partition coefficient (Wildman–Crippen LogP) is 3.57. The van der Waals surface area contributed by atoms with E-state index >= 15 is 0 Å². The quantitative estimate of drug-likeness (QED) is 0.617. The van der Waals surface area contributed by atoms with E-state index in [-0.39, 0.29) is 6.61 Å². The van der Waals surface area contributed by atoms with Crippen LogP contribution in [0.1, 0.15) is 11.3 Å². The number of imidazole rings is 1. The van der Waals surface area contributed by atoms with Crippen LogP contribution in [0.15, 0.2) is 60.9 Å². The van der Waals surface area contributed by atoms with Crippen molar-refractivity contribution in [1.82, 2.24) is 14.4 Å². The summed E-state index contributed by atoms with van der Waals surface area (Å²) >= 11 is 0. The molecule has 4 rings (SSSR count). The zero-order valence-corrected chi connectivity index (χ0v) is 13.6. The van der Waals surface area contributed by atoms with Gasteiger partial charge in [0.05, 0.1) is 35.8 Å². The van der Waals surface area contributed by atoms with Gasteiger partial charge in [0.15, 0.2) is 0 Å². The Kier molecular flexibility index (Phi) is 3.92. The third-order valence-electron chi connectivity index (χ3n) is 4.15. The Labute approximate surface area is 148 Å². The lowest BCUT2D eigenvalue weighted by Crippen LogP contribution is -1.96. The molecule has 0 saturated heterocycles. The van der Waals surface area contributed by atoms with Crippen molar-refractivity contribution in [3.05, 3.63) is 78.0 Å². The second kappa shape index (κ2) is 6.39. The summed E-state index contributed by atoms with van der Waals surface area (Å²) in [7, 11) is 0. The standard InChI is InChI=1S/C20H13FN4O/c21-16-8-14(18-4-2-1-3-13(18)10-22)7-15(9-16)19-11-23-20-24-17(12-26)5-6-25(19)20/h1-9,11,26H,12H2. The van der Waals surface area contributed by atoms with Gasteiger partial charge in [0.2, 0.25) is 5.78 Å². The molecule has 4 aromatic rings. The molecule has 0 fully saturated rings. The fourth-order valence-corrected chi connectivity index (χ4v) is 2.93. The highest BCUT2D eigenvalue weighted by Gasteiger charge is 2.12. The number of aliphatic hydroxyl groups is 1. The maximum absolute atomic E-state index is 14.3. The molecule has 0 atom stereocenters. The fraction of sp³-hybridized carbons (Fsp3) is 0.0500. The number of aromatic nitrogens is 3. The average Bonchev–Trinajstić information content (AvgIpc) is 3.10. The summed E-state index contributed by atoms with van der Waals surface area (Å²) in [4.78, 5) is 8.47. The van der Waals surface area contributed by atoms with Crippen LogP contribution in [-0.4, -0.2) is 19.5 Å². The Hall–Kier alpha value is -3.56. The smallest absolute Gasteiger partial charge is 0.234 e. The van der Waals surface area contributed by atoms with Crippen LogP contribution in [0.25, 0.3) is 28.2 Å². The predicted molar refractivity (Wildman–Crippen MR) is 94.5 cm³/mol. The van der Waals surface area contributed by atoms with Crippen molar-refractivity contribution in [2.24, 2.45) is 0 Å². The second-order valence-electron chi connectivity index (χ2n) is 5.78. The molecule has 0 aliphatic carbocycles. The van der Waals surface area contributed by atoms with Gasteiger partial charge in [0.1, 0.15) is 5.82 Å². The van der Waals surface area contributed by atoms with Crippen molar-refractivity contribution in [3.8, 4) is 28.5 Å². The molecule has 2 heterocycles. The Balaban J connectivity index is 1.89. The van der Waals surface area contributed by atoms with E-state index in [0.29, 0.717) is 39.4 Å². The van der Waals surface area contributed by atoms with Gasteiger partial charge in [-0.15, -0.1) is 0 Å². The first-order chi connectivity index (χ1) is 12.7. The van der Waals surface area contributed by atoms with Crippen molar-refractivity contribution in [2.45, 2.75) is 6.61 Å². The van der Waals surface area contributed by atoms with Crippen LogP contribution in [0, 0.1) is 17.1 Å². The van der Waals surface area contributed by atoms with E-state index in [2.05, 4.69) is 16.0 Å². The van der Waals surface area contributed by atoms with E-state index in [1.54, 1.807) is 41.1 Å². The Bertz CT molecular complexity index is 1160. The summed E-state index contributed by atoms with van der Waals surface area (Å²) < 4.78 is 16.0. The highest BCUT2D eigenvalue weighted by atomic mass is 19.1. The number of benzene rings is 2. The summed E-state index contributed by atoms with van der Waals surface area (Å²) in [6, 6.07) is 15.6. The molecule has 0 aliphatic rings. The Morgan fingerprint density at radius 2 is 1.92 bits per heavy atom. The normalized spacial score (nSPS) is 10.8. The van der Waals surface area contributed by atoms with Gasteiger partial charge >= 0.3 is 0 Å². The molecule has 0 aliphatic heterocycles. The number of rotatable bonds is 3. The third kappa shape index (κ3) is 2.70. The molecule has 0 saturated carbocycles. The number of fused-ring (bicyclic) bond motifs is 1. The summed E-state index contributed by atoms with van der Waals surface area (Å²) in [5, 5.41) is 18.5. The van der Waals surface area contributed by atoms with Gasteiger partial charge in [-0.1, -0.05) is 18.2 Å². The van der Waals surface area contributed by atoms with Gasteiger partial charge in [-0.25, -0.2) is 14.4 Å². The van der Waals surface area contributed by atoms with Gasteiger partial charge in [-0.05, 0) is 41.5 Å². The van der Waals surface area contributed by atoms with E-state index in [1.807, 2.05) is 12.1 Å². The maximum Gasteiger partial charge on any atom is 0.234 e. The van der Waals surface area contributed by atoms with Crippen LogP contribution >= 0.6 is 0 Å². The van der Waals surface area contributed by atoms with Gasteiger partial charge in [-0.3, -0.25) is 4.40 Å². The molecule has 26 heavy (non-hydrogen) atoms. The molecule has 0 unspecified atom stereocenters. The minimum atomic E-state index is -0.403. The van der Waals surface area contributed by atoms with Gasteiger partial charge in [-0.2, -0.15) is 5.26 Å². The molecule has 0 radical (unpaired) electrons. The van der Waals surface area contributed by atoms with Gasteiger partial charge < -0.3 is 5.11 Å². The topological polar surface area (TPSA) is 74.2 Å². The van der Waals surface area contributed by atoms with E-state index in [9.17, 15) is 14.8 Å². The average molecular weight is 344 g/mol. The maximum atomic E-state index is 14.3. The Morgan fingerprint density at radius 1 is 1.12 bits per heavy atom. The third-order valence-corrected chi connectivity index (χ3v) is 4.15. The molecule has 0 bridgehead atoms. The summed E-state index contributed by atoms with van der Waals surface area (Å²) in [6.45, 7) is -0.173. The van der Waals surface area contributed by atoms with Gasteiger partial charge in [0, 0.05) is 11.8 Å². The first-order valence-electron chi connectivity index (χ1n) is 7.94. The molecule has 2 aromatic carbocycles. The SMILES string of the molecule is N#Cc1ccccc1-c1cc(F)cc(-c2cnc3nc(CO)ccn23)c1. The summed E-state index contributed by atoms with van der Waals surface area (Å²) in [5.74, 6) is 0.0231. The van der Waals surface area contributed by atoms with Crippen molar-refractivity contribution >= 4 is 5.78 Å². The number of nitrogens with zero attached hydrogens (tertiary/aromatic N) is 4. The lowest BCUT2D eigenvalue weighted by molar-refractivity contribution is 0.277. The Morgan fingerprint density at radius 3 is 2.73 bits per heavy atom. The van der Waals surface area contributed by atoms with Crippen LogP contribution in [0.3, 0.4) is 0 Å². The van der Waals surface area contributed by atoms with Crippen LogP contribution in [-0.2, 0) is 6.61 Å². The molecule has 0 spiro atoms. The zero-order chi connectivity index (χ0) is 18.1. The molecule has 5 nitrogen and oxygen atoms in total. The van der Waals surface area contributed by atoms with Crippen LogP contribution < -0.4 is 0 Å². The van der Waals surface area contributed by atoms with E-state index < -0.39 is 5.82 Å². The minimum Gasteiger partial charge on any atom is -0.390 e. The minimum absolute atomic E-state index is 0.173. The highest BCUT2D eigenvalue weighted by molar-refractivity contribution is 5.76.